The van der Waals surface area contributed by atoms with Crippen molar-refractivity contribution in [2.24, 2.45) is 11.7 Å². The summed E-state index contributed by atoms with van der Waals surface area (Å²) in [5.74, 6) is 0.108. The Hall–Kier alpha value is -1.40. The van der Waals surface area contributed by atoms with Crippen molar-refractivity contribution in [3.8, 4) is 0 Å². The van der Waals surface area contributed by atoms with Gasteiger partial charge in [-0.3, -0.25) is 9.59 Å². The van der Waals surface area contributed by atoms with E-state index in [1.807, 2.05) is 11.4 Å². The van der Waals surface area contributed by atoms with Gasteiger partial charge in [-0.25, -0.2) is 0 Å². The van der Waals surface area contributed by atoms with Crippen molar-refractivity contribution in [2.75, 3.05) is 19.6 Å². The maximum atomic E-state index is 12.1. The van der Waals surface area contributed by atoms with Crippen LogP contribution in [-0.4, -0.2) is 42.4 Å². The molecule has 2 heterocycles. The summed E-state index contributed by atoms with van der Waals surface area (Å²) in [5.41, 5.74) is 5.60. The molecule has 21 heavy (non-hydrogen) atoms. The van der Waals surface area contributed by atoms with Gasteiger partial charge in [-0.05, 0) is 37.6 Å². The predicted octanol–water partition coefficient (Wildman–Crippen LogP) is 0.993. The van der Waals surface area contributed by atoms with Crippen LogP contribution in [0.3, 0.4) is 0 Å². The normalized spacial score (nSPS) is 17.5. The maximum absolute atomic E-state index is 12.1. The van der Waals surface area contributed by atoms with Gasteiger partial charge in [0.25, 0.3) is 0 Å². The number of rotatable bonds is 5. The molecule has 1 aliphatic rings. The zero-order valence-electron chi connectivity index (χ0n) is 12.4. The van der Waals surface area contributed by atoms with Gasteiger partial charge in [0, 0.05) is 30.4 Å². The number of piperidine rings is 1. The molecule has 6 heteroatoms. The van der Waals surface area contributed by atoms with Crippen LogP contribution in [0, 0.1) is 5.92 Å². The van der Waals surface area contributed by atoms with Crippen molar-refractivity contribution in [2.45, 2.75) is 32.2 Å². The number of carbonyl (C=O) groups is 2. The fourth-order valence-corrected chi connectivity index (χ4v) is 3.27. The lowest BCUT2D eigenvalue weighted by Crippen LogP contribution is -2.48. The molecule has 2 rings (SSSR count). The molecular formula is C15H23N3O2S. The van der Waals surface area contributed by atoms with E-state index in [0.29, 0.717) is 19.6 Å². The van der Waals surface area contributed by atoms with Crippen LogP contribution in [0.15, 0.2) is 17.5 Å². The van der Waals surface area contributed by atoms with Crippen molar-refractivity contribution < 1.29 is 9.59 Å². The molecule has 0 spiro atoms. The van der Waals surface area contributed by atoms with Crippen LogP contribution >= 0.6 is 11.3 Å². The molecule has 1 aromatic heterocycles. The predicted molar refractivity (Wildman–Crippen MR) is 84.0 cm³/mol. The SMILES string of the molecule is C[C@@H](N)C(=O)N1CCC(C(=O)NCCc2cccs2)CC1. The number of nitrogens with two attached hydrogens (primary N) is 1. The smallest absolute Gasteiger partial charge is 0.239 e. The molecule has 116 valence electrons. The van der Waals surface area contributed by atoms with Crippen molar-refractivity contribution >= 4 is 23.2 Å². The van der Waals surface area contributed by atoms with Crippen LogP contribution in [0.4, 0.5) is 0 Å². The Morgan fingerprint density at radius 3 is 2.76 bits per heavy atom. The lowest BCUT2D eigenvalue weighted by atomic mass is 9.95. The Balaban J connectivity index is 1.69. The Bertz CT molecular complexity index is 465. The van der Waals surface area contributed by atoms with Crippen LogP contribution in [0.1, 0.15) is 24.6 Å². The first-order valence-electron chi connectivity index (χ1n) is 7.42. The van der Waals surface area contributed by atoms with E-state index < -0.39 is 6.04 Å². The molecule has 5 nitrogen and oxygen atoms in total. The summed E-state index contributed by atoms with van der Waals surface area (Å²) in [5, 5.41) is 5.04. The van der Waals surface area contributed by atoms with Gasteiger partial charge in [-0.15, -0.1) is 11.3 Å². The van der Waals surface area contributed by atoms with Gasteiger partial charge >= 0.3 is 0 Å². The van der Waals surface area contributed by atoms with Gasteiger partial charge in [0.05, 0.1) is 6.04 Å². The van der Waals surface area contributed by atoms with Gasteiger partial charge in [-0.1, -0.05) is 6.07 Å². The molecule has 3 N–H and O–H groups in total. The lowest BCUT2D eigenvalue weighted by Gasteiger charge is -2.32. The summed E-state index contributed by atoms with van der Waals surface area (Å²) in [7, 11) is 0. The molecule has 0 bridgehead atoms. The monoisotopic (exact) mass is 309 g/mol. The molecular weight excluding hydrogens is 286 g/mol. The molecule has 1 saturated heterocycles. The average molecular weight is 309 g/mol. The van der Waals surface area contributed by atoms with E-state index in [4.69, 9.17) is 5.73 Å². The molecule has 0 aromatic carbocycles. The zero-order valence-corrected chi connectivity index (χ0v) is 13.2. The number of nitrogens with one attached hydrogen (secondary N) is 1. The number of likely N-dealkylation sites (tertiary alicyclic amines) is 1. The second-order valence-electron chi connectivity index (χ2n) is 5.51. The third kappa shape index (κ3) is 4.54. The summed E-state index contributed by atoms with van der Waals surface area (Å²) in [6.07, 6.45) is 2.33. The van der Waals surface area contributed by atoms with Gasteiger partial charge in [0.1, 0.15) is 0 Å². The summed E-state index contributed by atoms with van der Waals surface area (Å²) in [4.78, 5) is 26.9. The highest BCUT2D eigenvalue weighted by Gasteiger charge is 2.28. The fourth-order valence-electron chi connectivity index (χ4n) is 2.56. The Labute approximate surface area is 129 Å². The summed E-state index contributed by atoms with van der Waals surface area (Å²) in [6.45, 7) is 3.64. The van der Waals surface area contributed by atoms with Crippen molar-refractivity contribution in [1.82, 2.24) is 10.2 Å². The van der Waals surface area contributed by atoms with E-state index in [-0.39, 0.29) is 17.7 Å². The van der Waals surface area contributed by atoms with E-state index in [0.717, 1.165) is 19.3 Å². The quantitative estimate of drug-likeness (QED) is 0.852. The van der Waals surface area contributed by atoms with E-state index in [1.54, 1.807) is 23.2 Å². The van der Waals surface area contributed by atoms with Gasteiger partial charge in [0.2, 0.25) is 11.8 Å². The van der Waals surface area contributed by atoms with E-state index in [1.165, 1.54) is 4.88 Å². The summed E-state index contributed by atoms with van der Waals surface area (Å²) < 4.78 is 0. The van der Waals surface area contributed by atoms with Crippen LogP contribution in [-0.2, 0) is 16.0 Å². The highest BCUT2D eigenvalue weighted by molar-refractivity contribution is 7.09. The molecule has 1 aromatic rings. The third-order valence-corrected chi connectivity index (χ3v) is 4.75. The first kappa shape index (κ1) is 16.0. The molecule has 1 aliphatic heterocycles. The second-order valence-corrected chi connectivity index (χ2v) is 6.54. The molecule has 2 amide bonds. The summed E-state index contributed by atoms with van der Waals surface area (Å²) >= 11 is 1.71. The molecule has 1 atom stereocenters. The Kier molecular flexibility index (Phi) is 5.76. The van der Waals surface area contributed by atoms with Crippen LogP contribution in [0.2, 0.25) is 0 Å². The Morgan fingerprint density at radius 1 is 1.48 bits per heavy atom. The highest BCUT2D eigenvalue weighted by Crippen LogP contribution is 2.18. The summed E-state index contributed by atoms with van der Waals surface area (Å²) in [6, 6.07) is 3.64. The minimum absolute atomic E-state index is 0.0190. The highest BCUT2D eigenvalue weighted by atomic mass is 32.1. The van der Waals surface area contributed by atoms with Crippen LogP contribution in [0.25, 0.3) is 0 Å². The first-order chi connectivity index (χ1) is 10.1. The largest absolute Gasteiger partial charge is 0.355 e. The standard InChI is InChI=1S/C15H23N3O2S/c1-11(16)15(20)18-8-5-12(6-9-18)14(19)17-7-4-13-3-2-10-21-13/h2-3,10-12H,4-9,16H2,1H3,(H,17,19)/t11-/m1/s1. The van der Waals surface area contributed by atoms with Gasteiger partial charge < -0.3 is 16.0 Å². The van der Waals surface area contributed by atoms with Crippen molar-refractivity contribution in [1.29, 1.82) is 0 Å². The lowest BCUT2D eigenvalue weighted by molar-refractivity contribution is -0.136. The number of hydrogen-bond donors (Lipinski definition) is 2. The Morgan fingerprint density at radius 2 is 2.19 bits per heavy atom. The first-order valence-corrected chi connectivity index (χ1v) is 8.30. The van der Waals surface area contributed by atoms with Gasteiger partial charge in [-0.2, -0.15) is 0 Å². The minimum atomic E-state index is -0.457. The van der Waals surface area contributed by atoms with E-state index in [2.05, 4.69) is 11.4 Å². The van der Waals surface area contributed by atoms with Crippen molar-refractivity contribution in [3.05, 3.63) is 22.4 Å². The molecule has 0 saturated carbocycles. The second kappa shape index (κ2) is 7.56. The molecule has 0 radical (unpaired) electrons. The van der Waals surface area contributed by atoms with Gasteiger partial charge in [0.15, 0.2) is 0 Å². The number of carbonyl (C=O) groups excluding carboxylic acids is 2. The van der Waals surface area contributed by atoms with E-state index >= 15 is 0 Å². The third-order valence-electron chi connectivity index (χ3n) is 3.82. The number of amides is 2. The topological polar surface area (TPSA) is 75.4 Å². The fraction of sp³-hybridized carbons (Fsp3) is 0.600. The van der Waals surface area contributed by atoms with Crippen LogP contribution < -0.4 is 11.1 Å². The molecule has 1 fully saturated rings. The molecule has 0 unspecified atom stereocenters. The van der Waals surface area contributed by atoms with Crippen LogP contribution in [0.5, 0.6) is 0 Å². The van der Waals surface area contributed by atoms with E-state index in [9.17, 15) is 9.59 Å². The number of nitrogens with zero attached hydrogens (tertiary/aromatic N) is 1. The number of hydrogen-bond acceptors (Lipinski definition) is 4. The number of thiophene rings is 1. The maximum Gasteiger partial charge on any atom is 0.239 e. The van der Waals surface area contributed by atoms with Crippen molar-refractivity contribution in [3.63, 3.8) is 0 Å². The average Bonchev–Trinajstić information content (AvgIpc) is 2.99. The molecule has 0 aliphatic carbocycles. The minimum Gasteiger partial charge on any atom is -0.355 e. The zero-order chi connectivity index (χ0) is 15.2.